The highest BCUT2D eigenvalue weighted by Gasteiger charge is 2.07. The third-order valence-corrected chi connectivity index (χ3v) is 4.69. The van der Waals surface area contributed by atoms with Gasteiger partial charge in [-0.25, -0.2) is 4.98 Å². The average molecular weight is 371 g/mol. The van der Waals surface area contributed by atoms with Gasteiger partial charge >= 0.3 is 0 Å². The van der Waals surface area contributed by atoms with E-state index in [2.05, 4.69) is 39.6 Å². The molecule has 0 saturated heterocycles. The predicted octanol–water partition coefficient (Wildman–Crippen LogP) is 4.21. The summed E-state index contributed by atoms with van der Waals surface area (Å²) in [4.78, 5) is 19.9. The van der Waals surface area contributed by atoms with Crippen LogP contribution >= 0.6 is 0 Å². The normalized spacial score (nSPS) is 10.8. The third-order valence-electron chi connectivity index (χ3n) is 4.69. The van der Waals surface area contributed by atoms with E-state index < -0.39 is 0 Å². The second kappa shape index (κ2) is 7.96. The van der Waals surface area contributed by atoms with Crippen molar-refractivity contribution in [1.82, 2.24) is 15.3 Å². The van der Waals surface area contributed by atoms with Gasteiger partial charge in [-0.3, -0.25) is 4.79 Å². The molecule has 0 atom stereocenters. The van der Waals surface area contributed by atoms with Gasteiger partial charge in [0.05, 0.1) is 7.11 Å². The molecular weight excluding hydrogens is 350 g/mol. The van der Waals surface area contributed by atoms with Crippen LogP contribution in [0.25, 0.3) is 22.2 Å². The molecule has 4 rings (SSSR count). The second-order valence-electron chi connectivity index (χ2n) is 6.58. The van der Waals surface area contributed by atoms with E-state index >= 15 is 0 Å². The molecule has 2 aromatic heterocycles. The molecule has 1 amide bonds. The first kappa shape index (κ1) is 17.8. The maximum absolute atomic E-state index is 12.3. The molecule has 0 aliphatic carbocycles. The number of ether oxygens (including phenoxy) is 1. The Hall–Kier alpha value is -3.60. The van der Waals surface area contributed by atoms with Crippen LogP contribution in [-0.4, -0.2) is 29.5 Å². The van der Waals surface area contributed by atoms with Crippen molar-refractivity contribution in [2.75, 3.05) is 13.7 Å². The van der Waals surface area contributed by atoms with Gasteiger partial charge in [0.2, 0.25) is 0 Å². The fourth-order valence-electron chi connectivity index (χ4n) is 3.19. The zero-order chi connectivity index (χ0) is 19.3. The number of aromatic amines is 1. The summed E-state index contributed by atoms with van der Waals surface area (Å²) in [7, 11) is 1.59. The van der Waals surface area contributed by atoms with Crippen molar-refractivity contribution in [2.45, 2.75) is 6.42 Å². The summed E-state index contributed by atoms with van der Waals surface area (Å²) in [6.07, 6.45) is 4.52. The van der Waals surface area contributed by atoms with Crippen molar-refractivity contribution in [2.24, 2.45) is 0 Å². The van der Waals surface area contributed by atoms with Crippen LogP contribution in [0.15, 0.2) is 73.1 Å². The van der Waals surface area contributed by atoms with E-state index in [0.717, 1.165) is 34.1 Å². The molecule has 0 saturated carbocycles. The number of methoxy groups -OCH3 is 1. The molecule has 5 nitrogen and oxygen atoms in total. The first-order valence-corrected chi connectivity index (χ1v) is 9.17. The molecule has 28 heavy (non-hydrogen) atoms. The van der Waals surface area contributed by atoms with Crippen molar-refractivity contribution >= 4 is 16.9 Å². The molecule has 0 fully saturated rings. The minimum Gasteiger partial charge on any atom is -0.497 e. The molecule has 2 aromatic carbocycles. The van der Waals surface area contributed by atoms with Crippen LogP contribution in [0.1, 0.15) is 15.9 Å². The number of H-pyrrole nitrogens is 1. The highest BCUT2D eigenvalue weighted by molar-refractivity contribution is 5.94. The molecule has 2 N–H and O–H groups in total. The van der Waals surface area contributed by atoms with Gasteiger partial charge < -0.3 is 15.0 Å². The molecule has 0 spiro atoms. The van der Waals surface area contributed by atoms with Gasteiger partial charge in [-0.2, -0.15) is 0 Å². The number of nitrogens with one attached hydrogen (secondary N) is 2. The van der Waals surface area contributed by atoms with Gasteiger partial charge in [0.25, 0.3) is 5.91 Å². The van der Waals surface area contributed by atoms with E-state index in [1.165, 1.54) is 0 Å². The lowest BCUT2D eigenvalue weighted by atomic mass is 10.0. The van der Waals surface area contributed by atoms with Crippen LogP contribution in [0.5, 0.6) is 5.75 Å². The number of benzene rings is 2. The van der Waals surface area contributed by atoms with Crippen molar-refractivity contribution in [3.63, 3.8) is 0 Å². The van der Waals surface area contributed by atoms with E-state index in [1.807, 2.05) is 36.7 Å². The van der Waals surface area contributed by atoms with Crippen LogP contribution in [0, 0.1) is 0 Å². The standard InChI is InChI=1S/C23H21N3O2/c1-28-21-7-3-6-19(14-21)23(27)25-10-8-16-4-2-5-17(12-16)20-13-18-9-11-24-22(18)26-15-20/h2-7,9,11-15H,8,10H2,1H3,(H,24,26)(H,25,27). The fourth-order valence-corrected chi connectivity index (χ4v) is 3.19. The van der Waals surface area contributed by atoms with Crippen molar-refractivity contribution in [1.29, 1.82) is 0 Å². The summed E-state index contributed by atoms with van der Waals surface area (Å²) in [5.74, 6) is 0.575. The van der Waals surface area contributed by atoms with E-state index in [1.54, 1.807) is 19.2 Å². The molecule has 5 heteroatoms. The minimum atomic E-state index is -0.0998. The molecule has 0 radical (unpaired) electrons. The van der Waals surface area contributed by atoms with E-state index in [-0.39, 0.29) is 5.91 Å². The van der Waals surface area contributed by atoms with Gasteiger partial charge in [-0.1, -0.05) is 30.3 Å². The highest BCUT2D eigenvalue weighted by atomic mass is 16.5. The number of nitrogens with zero attached hydrogens (tertiary/aromatic N) is 1. The predicted molar refractivity (Wildman–Crippen MR) is 111 cm³/mol. The van der Waals surface area contributed by atoms with Crippen LogP contribution in [-0.2, 0) is 6.42 Å². The monoisotopic (exact) mass is 371 g/mol. The molecule has 2 heterocycles. The Balaban J connectivity index is 1.41. The summed E-state index contributed by atoms with van der Waals surface area (Å²) in [5, 5.41) is 4.06. The Morgan fingerprint density at radius 3 is 2.86 bits per heavy atom. The Morgan fingerprint density at radius 1 is 1.07 bits per heavy atom. The number of aromatic nitrogens is 2. The lowest BCUT2D eigenvalue weighted by molar-refractivity contribution is 0.0954. The summed E-state index contributed by atoms with van der Waals surface area (Å²) in [5.41, 5.74) is 4.85. The Bertz CT molecular complexity index is 1120. The summed E-state index contributed by atoms with van der Waals surface area (Å²) < 4.78 is 5.17. The minimum absolute atomic E-state index is 0.0998. The van der Waals surface area contributed by atoms with Crippen molar-refractivity contribution in [3.8, 4) is 16.9 Å². The Kier molecular flexibility index (Phi) is 5.06. The van der Waals surface area contributed by atoms with Gasteiger partial charge in [-0.05, 0) is 47.9 Å². The number of carbonyl (C=O) groups excluding carboxylic acids is 1. The number of carbonyl (C=O) groups is 1. The summed E-state index contributed by atoms with van der Waals surface area (Å²) >= 11 is 0. The number of fused-ring (bicyclic) bond motifs is 1. The lowest BCUT2D eigenvalue weighted by Crippen LogP contribution is -2.25. The van der Waals surface area contributed by atoms with Crippen LogP contribution in [0.2, 0.25) is 0 Å². The number of pyridine rings is 1. The van der Waals surface area contributed by atoms with E-state index in [9.17, 15) is 4.79 Å². The van der Waals surface area contributed by atoms with Crippen LogP contribution in [0.3, 0.4) is 0 Å². The molecule has 4 aromatic rings. The second-order valence-corrected chi connectivity index (χ2v) is 6.58. The first-order valence-electron chi connectivity index (χ1n) is 9.17. The summed E-state index contributed by atoms with van der Waals surface area (Å²) in [6.45, 7) is 0.564. The first-order chi connectivity index (χ1) is 13.7. The molecular formula is C23H21N3O2. The lowest BCUT2D eigenvalue weighted by Gasteiger charge is -2.08. The van der Waals surface area contributed by atoms with Crippen molar-refractivity contribution < 1.29 is 9.53 Å². The maximum atomic E-state index is 12.3. The number of amides is 1. The van der Waals surface area contributed by atoms with Crippen LogP contribution < -0.4 is 10.1 Å². The number of rotatable bonds is 6. The zero-order valence-corrected chi connectivity index (χ0v) is 15.6. The highest BCUT2D eigenvalue weighted by Crippen LogP contribution is 2.23. The molecule has 140 valence electrons. The molecule has 0 unspecified atom stereocenters. The van der Waals surface area contributed by atoms with E-state index in [4.69, 9.17) is 4.74 Å². The van der Waals surface area contributed by atoms with Gasteiger partial charge in [0.1, 0.15) is 11.4 Å². The van der Waals surface area contributed by atoms with Gasteiger partial charge in [0.15, 0.2) is 0 Å². The Labute approximate surface area is 163 Å². The number of hydrogen-bond acceptors (Lipinski definition) is 3. The maximum Gasteiger partial charge on any atom is 0.251 e. The van der Waals surface area contributed by atoms with E-state index in [0.29, 0.717) is 17.9 Å². The van der Waals surface area contributed by atoms with Gasteiger partial charge in [0, 0.05) is 35.5 Å². The third kappa shape index (κ3) is 3.88. The SMILES string of the molecule is COc1cccc(C(=O)NCCc2cccc(-c3cnc4[nH]ccc4c3)c2)c1. The Morgan fingerprint density at radius 2 is 1.96 bits per heavy atom. The van der Waals surface area contributed by atoms with Crippen molar-refractivity contribution in [3.05, 3.63) is 84.2 Å². The molecule has 0 aliphatic rings. The molecule has 0 bridgehead atoms. The molecule has 0 aliphatic heterocycles. The zero-order valence-electron chi connectivity index (χ0n) is 15.6. The average Bonchev–Trinajstić information content (AvgIpc) is 3.22. The largest absolute Gasteiger partial charge is 0.497 e. The van der Waals surface area contributed by atoms with Gasteiger partial charge in [-0.15, -0.1) is 0 Å². The fraction of sp³-hybridized carbons (Fsp3) is 0.130. The smallest absolute Gasteiger partial charge is 0.251 e. The topological polar surface area (TPSA) is 67.0 Å². The number of hydrogen-bond donors (Lipinski definition) is 2. The summed E-state index contributed by atoms with van der Waals surface area (Å²) in [6, 6.07) is 19.6. The quantitative estimate of drug-likeness (QED) is 0.533. The van der Waals surface area contributed by atoms with Crippen LogP contribution in [0.4, 0.5) is 0 Å².